The summed E-state index contributed by atoms with van der Waals surface area (Å²) in [6, 6.07) is 18.1. The van der Waals surface area contributed by atoms with Gasteiger partial charge in [0.1, 0.15) is 17.1 Å². The monoisotopic (exact) mass is 392 g/mol. The summed E-state index contributed by atoms with van der Waals surface area (Å²) >= 11 is 5.85. The second kappa shape index (κ2) is 7.17. The van der Waals surface area contributed by atoms with Crippen molar-refractivity contribution in [1.29, 1.82) is 0 Å². The van der Waals surface area contributed by atoms with Gasteiger partial charge in [-0.3, -0.25) is 14.9 Å². The maximum Gasteiger partial charge on any atom is 0.335 e. The second-order valence-corrected chi connectivity index (χ2v) is 6.44. The number of benzene rings is 2. The maximum atomic E-state index is 12.8. The van der Waals surface area contributed by atoms with Crippen LogP contribution in [0.2, 0.25) is 5.02 Å². The van der Waals surface area contributed by atoms with E-state index >= 15 is 0 Å². The van der Waals surface area contributed by atoms with Crippen molar-refractivity contribution in [2.45, 2.75) is 0 Å². The minimum absolute atomic E-state index is 0.205. The van der Waals surface area contributed by atoms with Crippen LogP contribution in [0.15, 0.2) is 76.7 Å². The molecule has 0 radical (unpaired) electrons. The minimum atomic E-state index is -0.820. The van der Waals surface area contributed by atoms with Crippen LogP contribution >= 0.6 is 11.6 Å². The summed E-state index contributed by atoms with van der Waals surface area (Å²) in [5, 5.41) is 2.63. The van der Waals surface area contributed by atoms with E-state index in [1.54, 1.807) is 24.3 Å². The number of nitrogens with one attached hydrogen (secondary N) is 1. The van der Waals surface area contributed by atoms with E-state index in [0.717, 1.165) is 10.5 Å². The molecule has 28 heavy (non-hydrogen) atoms. The van der Waals surface area contributed by atoms with Gasteiger partial charge in [0.05, 0.1) is 5.69 Å². The van der Waals surface area contributed by atoms with Gasteiger partial charge in [0.15, 0.2) is 0 Å². The fraction of sp³-hybridized carbons (Fsp3) is 0. The third kappa shape index (κ3) is 3.33. The van der Waals surface area contributed by atoms with E-state index in [0.29, 0.717) is 22.2 Å². The van der Waals surface area contributed by atoms with Crippen LogP contribution in [0, 0.1) is 0 Å². The first kappa shape index (κ1) is 17.8. The number of halogens is 1. The van der Waals surface area contributed by atoms with Crippen LogP contribution in [0.1, 0.15) is 5.76 Å². The minimum Gasteiger partial charge on any atom is -0.457 e. The lowest BCUT2D eigenvalue weighted by molar-refractivity contribution is -0.122. The highest BCUT2D eigenvalue weighted by Crippen LogP contribution is 2.26. The van der Waals surface area contributed by atoms with Gasteiger partial charge in [0.25, 0.3) is 11.8 Å². The van der Waals surface area contributed by atoms with Gasteiger partial charge in [-0.05, 0) is 42.5 Å². The van der Waals surface area contributed by atoms with Gasteiger partial charge >= 0.3 is 6.03 Å². The SMILES string of the molecule is O=C1NC(=O)N(c2ccc(Cl)cc2)C(=O)/C1=C/c1ccc(-c2ccccc2)o1. The van der Waals surface area contributed by atoms with E-state index in [2.05, 4.69) is 5.32 Å². The molecule has 1 aliphatic rings. The molecule has 0 bridgehead atoms. The van der Waals surface area contributed by atoms with E-state index in [4.69, 9.17) is 16.0 Å². The summed E-state index contributed by atoms with van der Waals surface area (Å²) in [4.78, 5) is 38.1. The average Bonchev–Trinajstić information content (AvgIpc) is 3.16. The van der Waals surface area contributed by atoms with Crippen molar-refractivity contribution in [3.05, 3.63) is 83.1 Å². The van der Waals surface area contributed by atoms with Crippen LogP contribution in [0.25, 0.3) is 17.4 Å². The number of hydrogen-bond acceptors (Lipinski definition) is 4. The molecule has 6 nitrogen and oxygen atoms in total. The largest absolute Gasteiger partial charge is 0.457 e. The Morgan fingerprint density at radius 2 is 1.61 bits per heavy atom. The summed E-state index contributed by atoms with van der Waals surface area (Å²) in [6.45, 7) is 0. The number of furan rings is 1. The number of anilines is 1. The molecule has 2 aromatic carbocycles. The highest BCUT2D eigenvalue weighted by molar-refractivity contribution is 6.39. The van der Waals surface area contributed by atoms with Gasteiger partial charge in [-0.25, -0.2) is 9.69 Å². The molecule has 1 N–H and O–H groups in total. The van der Waals surface area contributed by atoms with Crippen molar-refractivity contribution in [1.82, 2.24) is 5.32 Å². The Labute approximate surface area is 165 Å². The van der Waals surface area contributed by atoms with Crippen molar-refractivity contribution < 1.29 is 18.8 Å². The maximum absolute atomic E-state index is 12.8. The van der Waals surface area contributed by atoms with Crippen molar-refractivity contribution in [3.63, 3.8) is 0 Å². The summed E-state index contributed by atoms with van der Waals surface area (Å²) < 4.78 is 5.72. The third-order valence-electron chi connectivity index (χ3n) is 4.16. The van der Waals surface area contributed by atoms with Crippen molar-refractivity contribution in [2.24, 2.45) is 0 Å². The van der Waals surface area contributed by atoms with Crippen LogP contribution in [-0.2, 0) is 9.59 Å². The Morgan fingerprint density at radius 3 is 2.32 bits per heavy atom. The lowest BCUT2D eigenvalue weighted by Crippen LogP contribution is -2.54. The number of imide groups is 2. The van der Waals surface area contributed by atoms with Gasteiger partial charge in [-0.2, -0.15) is 0 Å². The molecule has 7 heteroatoms. The number of carbonyl (C=O) groups is 3. The van der Waals surface area contributed by atoms with Gasteiger partial charge in [0.2, 0.25) is 0 Å². The van der Waals surface area contributed by atoms with E-state index in [9.17, 15) is 14.4 Å². The molecular formula is C21H13ClN2O4. The molecule has 4 rings (SSSR count). The molecule has 0 spiro atoms. The Bertz CT molecular complexity index is 1100. The lowest BCUT2D eigenvalue weighted by atomic mass is 10.1. The van der Waals surface area contributed by atoms with Crippen molar-refractivity contribution in [2.75, 3.05) is 4.90 Å². The van der Waals surface area contributed by atoms with Crippen LogP contribution in [0.5, 0.6) is 0 Å². The highest BCUT2D eigenvalue weighted by atomic mass is 35.5. The van der Waals surface area contributed by atoms with Crippen LogP contribution < -0.4 is 10.2 Å². The number of nitrogens with zero attached hydrogens (tertiary/aromatic N) is 1. The Balaban J connectivity index is 1.67. The Kier molecular flexibility index (Phi) is 4.55. The quantitative estimate of drug-likeness (QED) is 0.533. The Hall–Kier alpha value is -3.64. The molecule has 2 heterocycles. The smallest absolute Gasteiger partial charge is 0.335 e. The number of rotatable bonds is 3. The number of amides is 4. The molecule has 0 aliphatic carbocycles. The van der Waals surface area contributed by atoms with Crippen molar-refractivity contribution >= 4 is 41.2 Å². The van der Waals surface area contributed by atoms with Gasteiger partial charge in [0, 0.05) is 10.6 Å². The molecule has 1 aliphatic heterocycles. The normalized spacial score (nSPS) is 15.8. The van der Waals surface area contributed by atoms with Gasteiger partial charge in [-0.1, -0.05) is 41.9 Å². The van der Waals surface area contributed by atoms with Crippen LogP contribution in [0.3, 0.4) is 0 Å². The predicted octanol–water partition coefficient (Wildman–Crippen LogP) is 4.27. The van der Waals surface area contributed by atoms with Crippen LogP contribution in [0.4, 0.5) is 10.5 Å². The number of hydrogen-bond donors (Lipinski definition) is 1. The molecule has 1 aromatic heterocycles. The predicted molar refractivity (Wildman–Crippen MR) is 105 cm³/mol. The van der Waals surface area contributed by atoms with E-state index in [1.165, 1.54) is 18.2 Å². The molecule has 1 fully saturated rings. The first-order valence-corrected chi connectivity index (χ1v) is 8.73. The molecule has 138 valence electrons. The van der Waals surface area contributed by atoms with Gasteiger partial charge < -0.3 is 4.42 Å². The number of carbonyl (C=O) groups excluding carboxylic acids is 3. The first-order valence-electron chi connectivity index (χ1n) is 8.35. The zero-order chi connectivity index (χ0) is 19.7. The molecule has 0 unspecified atom stereocenters. The van der Waals surface area contributed by atoms with Gasteiger partial charge in [-0.15, -0.1) is 0 Å². The fourth-order valence-electron chi connectivity index (χ4n) is 2.81. The zero-order valence-electron chi connectivity index (χ0n) is 14.4. The summed E-state index contributed by atoms with van der Waals surface area (Å²) in [7, 11) is 0. The number of barbiturate groups is 1. The third-order valence-corrected chi connectivity index (χ3v) is 4.41. The summed E-state index contributed by atoms with van der Waals surface area (Å²) in [5.41, 5.74) is 0.961. The first-order chi connectivity index (χ1) is 13.5. The average molecular weight is 393 g/mol. The Morgan fingerprint density at radius 1 is 0.893 bits per heavy atom. The molecule has 0 atom stereocenters. The van der Waals surface area contributed by atoms with E-state index in [-0.39, 0.29) is 5.57 Å². The highest BCUT2D eigenvalue weighted by Gasteiger charge is 2.37. The van der Waals surface area contributed by atoms with E-state index < -0.39 is 17.8 Å². The molecule has 1 saturated heterocycles. The topological polar surface area (TPSA) is 79.6 Å². The molecular weight excluding hydrogens is 380 g/mol. The molecule has 0 saturated carbocycles. The molecule has 3 aromatic rings. The number of urea groups is 1. The lowest BCUT2D eigenvalue weighted by Gasteiger charge is -2.26. The standard InChI is InChI=1S/C21H13ClN2O4/c22-14-6-8-15(9-7-14)24-20(26)17(19(25)23-21(24)27)12-16-10-11-18(28-16)13-4-2-1-3-5-13/h1-12H,(H,23,25,27)/b17-12+. The van der Waals surface area contributed by atoms with E-state index in [1.807, 2.05) is 30.3 Å². The zero-order valence-corrected chi connectivity index (χ0v) is 15.1. The second-order valence-electron chi connectivity index (χ2n) is 6.00. The van der Waals surface area contributed by atoms with Crippen LogP contribution in [-0.4, -0.2) is 17.8 Å². The summed E-state index contributed by atoms with van der Waals surface area (Å²) in [5.74, 6) is -0.601. The van der Waals surface area contributed by atoms with Crippen molar-refractivity contribution in [3.8, 4) is 11.3 Å². The summed E-state index contributed by atoms with van der Waals surface area (Å²) in [6.07, 6.45) is 1.32. The fourth-order valence-corrected chi connectivity index (χ4v) is 2.94. The molecule has 4 amide bonds.